The molecule has 3 saturated heterocycles. The molecule has 0 aliphatic carbocycles. The molecule has 1 atom stereocenters. The molecule has 4 rings (SSSR count). The number of hydrogen-bond donors (Lipinski definition) is 3. The molecule has 3 fully saturated rings. The molecule has 14 heavy (non-hydrogen) atoms. The third-order valence-corrected chi connectivity index (χ3v) is 3.94. The van der Waals surface area contributed by atoms with Gasteiger partial charge in [0.15, 0.2) is 0 Å². The van der Waals surface area contributed by atoms with E-state index in [1.165, 1.54) is 5.56 Å². The van der Waals surface area contributed by atoms with Crippen LogP contribution in [0.4, 0.5) is 0 Å². The third-order valence-electron chi connectivity index (χ3n) is 3.94. The highest BCUT2D eigenvalue weighted by Crippen LogP contribution is 2.63. The quantitative estimate of drug-likeness (QED) is 0.575. The van der Waals surface area contributed by atoms with E-state index in [0.29, 0.717) is 0 Å². The van der Waals surface area contributed by atoms with Crippen LogP contribution in [0.3, 0.4) is 0 Å². The van der Waals surface area contributed by atoms with Crippen molar-refractivity contribution in [2.75, 3.05) is 6.54 Å². The first kappa shape index (κ1) is 7.40. The fraction of sp³-hybridized carbons (Fsp3) is 0.455. The highest BCUT2D eigenvalue weighted by atomic mass is 15.7. The van der Waals surface area contributed by atoms with E-state index in [1.807, 2.05) is 0 Å². The SMILES string of the molecule is CC12NC1(C1(c3ccccc3)CN1)N2. The van der Waals surface area contributed by atoms with Crippen molar-refractivity contribution in [1.29, 1.82) is 0 Å². The van der Waals surface area contributed by atoms with E-state index in [2.05, 4.69) is 53.2 Å². The van der Waals surface area contributed by atoms with Crippen LogP contribution in [0.2, 0.25) is 0 Å². The average molecular weight is 187 g/mol. The lowest BCUT2D eigenvalue weighted by Gasteiger charge is -2.16. The van der Waals surface area contributed by atoms with Gasteiger partial charge in [0.2, 0.25) is 0 Å². The van der Waals surface area contributed by atoms with Gasteiger partial charge in [-0.3, -0.25) is 10.6 Å². The smallest absolute Gasteiger partial charge is 0.128 e. The number of benzene rings is 1. The Kier molecular flexibility index (Phi) is 0.930. The summed E-state index contributed by atoms with van der Waals surface area (Å²) in [5.41, 5.74) is 1.90. The minimum Gasteiger partial charge on any atom is -0.301 e. The largest absolute Gasteiger partial charge is 0.301 e. The summed E-state index contributed by atoms with van der Waals surface area (Å²) in [7, 11) is 0. The first-order chi connectivity index (χ1) is 6.73. The van der Waals surface area contributed by atoms with Gasteiger partial charge in [-0.15, -0.1) is 0 Å². The molecular weight excluding hydrogens is 174 g/mol. The number of nitrogens with one attached hydrogen (secondary N) is 3. The highest BCUT2D eigenvalue weighted by Gasteiger charge is 2.91. The second-order valence-electron chi connectivity index (χ2n) is 4.75. The lowest BCUT2D eigenvalue weighted by molar-refractivity contribution is 0.487. The summed E-state index contributed by atoms with van der Waals surface area (Å²) in [5.74, 6) is 0. The van der Waals surface area contributed by atoms with Crippen LogP contribution in [0.5, 0.6) is 0 Å². The molecule has 3 aliphatic heterocycles. The molecule has 3 nitrogen and oxygen atoms in total. The van der Waals surface area contributed by atoms with Crippen molar-refractivity contribution in [3.8, 4) is 0 Å². The fourth-order valence-electron chi connectivity index (χ4n) is 2.82. The van der Waals surface area contributed by atoms with Crippen LogP contribution in [0.25, 0.3) is 0 Å². The molecule has 3 heteroatoms. The summed E-state index contributed by atoms with van der Waals surface area (Å²) < 4.78 is 0. The first-order valence-electron chi connectivity index (χ1n) is 5.12. The minimum absolute atomic E-state index is 0.154. The minimum atomic E-state index is 0.154. The van der Waals surface area contributed by atoms with Gasteiger partial charge < -0.3 is 5.32 Å². The molecule has 0 amide bonds. The standard InChI is InChI=1S/C11H13N3/c1-9-11(13-9,14-9)10(7-12-10)8-5-3-2-4-6-8/h2-6,12-14H,7H2,1H3. The molecule has 0 bridgehead atoms. The van der Waals surface area contributed by atoms with E-state index in [4.69, 9.17) is 0 Å². The van der Waals surface area contributed by atoms with Crippen molar-refractivity contribution in [2.45, 2.75) is 23.8 Å². The van der Waals surface area contributed by atoms with Gasteiger partial charge in [-0.25, -0.2) is 0 Å². The van der Waals surface area contributed by atoms with Gasteiger partial charge in [0.25, 0.3) is 0 Å². The van der Waals surface area contributed by atoms with Gasteiger partial charge in [0, 0.05) is 6.54 Å². The van der Waals surface area contributed by atoms with E-state index in [9.17, 15) is 0 Å². The third kappa shape index (κ3) is 0.582. The zero-order chi connectivity index (χ0) is 9.44. The molecule has 0 saturated carbocycles. The lowest BCUT2D eigenvalue weighted by atomic mass is 9.93. The van der Waals surface area contributed by atoms with Crippen LogP contribution in [0.1, 0.15) is 12.5 Å². The zero-order valence-corrected chi connectivity index (χ0v) is 8.09. The number of rotatable bonds is 2. The van der Waals surface area contributed by atoms with Crippen molar-refractivity contribution in [3.05, 3.63) is 35.9 Å². The van der Waals surface area contributed by atoms with E-state index >= 15 is 0 Å². The Balaban J connectivity index is 1.79. The molecular formula is C11H13N3. The molecule has 1 aromatic carbocycles. The van der Waals surface area contributed by atoms with Crippen molar-refractivity contribution in [2.24, 2.45) is 0 Å². The fourth-order valence-corrected chi connectivity index (χ4v) is 2.82. The van der Waals surface area contributed by atoms with E-state index in [-0.39, 0.29) is 16.9 Å². The van der Waals surface area contributed by atoms with Crippen LogP contribution in [-0.2, 0) is 5.54 Å². The van der Waals surface area contributed by atoms with Crippen molar-refractivity contribution in [3.63, 3.8) is 0 Å². The maximum Gasteiger partial charge on any atom is 0.128 e. The van der Waals surface area contributed by atoms with Crippen LogP contribution < -0.4 is 16.0 Å². The molecule has 0 aromatic heterocycles. The van der Waals surface area contributed by atoms with Crippen molar-refractivity contribution in [1.82, 2.24) is 16.0 Å². The van der Waals surface area contributed by atoms with E-state index in [0.717, 1.165) is 6.54 Å². The highest BCUT2D eigenvalue weighted by molar-refractivity contribution is 5.54. The van der Waals surface area contributed by atoms with E-state index < -0.39 is 0 Å². The van der Waals surface area contributed by atoms with Crippen LogP contribution in [-0.4, -0.2) is 17.9 Å². The second kappa shape index (κ2) is 1.76. The summed E-state index contributed by atoms with van der Waals surface area (Å²) in [6.45, 7) is 3.30. The Labute approximate surface area is 82.9 Å². The molecule has 72 valence electrons. The van der Waals surface area contributed by atoms with Gasteiger partial charge in [-0.2, -0.15) is 0 Å². The van der Waals surface area contributed by atoms with E-state index in [1.54, 1.807) is 0 Å². The molecule has 3 N–H and O–H groups in total. The first-order valence-corrected chi connectivity index (χ1v) is 5.12. The summed E-state index contributed by atoms with van der Waals surface area (Å²) >= 11 is 0. The maximum absolute atomic E-state index is 3.51. The molecule has 0 radical (unpaired) electrons. The van der Waals surface area contributed by atoms with Crippen LogP contribution >= 0.6 is 0 Å². The van der Waals surface area contributed by atoms with Gasteiger partial charge in [0.1, 0.15) is 11.3 Å². The average Bonchev–Trinajstić information content (AvgIpc) is 3.01. The molecule has 3 aliphatic rings. The van der Waals surface area contributed by atoms with Crippen LogP contribution in [0.15, 0.2) is 30.3 Å². The van der Waals surface area contributed by atoms with Gasteiger partial charge in [-0.05, 0) is 12.5 Å². The summed E-state index contributed by atoms with van der Waals surface area (Å²) in [5, 5.41) is 10.5. The summed E-state index contributed by atoms with van der Waals surface area (Å²) in [6.07, 6.45) is 0. The Morgan fingerprint density at radius 1 is 1.14 bits per heavy atom. The molecule has 1 unspecified atom stereocenters. The normalized spacial score (nSPS) is 52.4. The zero-order valence-electron chi connectivity index (χ0n) is 8.09. The Bertz CT molecular complexity index is 402. The number of hydrogen-bond acceptors (Lipinski definition) is 3. The molecule has 0 spiro atoms. The predicted molar refractivity (Wildman–Crippen MR) is 53.5 cm³/mol. The number of fused-ring (bicyclic) bond motifs is 1. The van der Waals surface area contributed by atoms with Crippen LogP contribution in [0, 0.1) is 0 Å². The molecule has 3 heterocycles. The predicted octanol–water partition coefficient (Wildman–Crippen LogP) is 0.104. The monoisotopic (exact) mass is 187 g/mol. The Hall–Kier alpha value is -0.900. The van der Waals surface area contributed by atoms with Gasteiger partial charge in [0.05, 0.1) is 5.54 Å². The topological polar surface area (TPSA) is 65.8 Å². The molecule has 1 aromatic rings. The lowest BCUT2D eigenvalue weighted by Crippen LogP contribution is -2.39. The van der Waals surface area contributed by atoms with Crippen molar-refractivity contribution >= 4 is 0 Å². The Morgan fingerprint density at radius 3 is 2.14 bits per heavy atom. The van der Waals surface area contributed by atoms with Crippen molar-refractivity contribution < 1.29 is 0 Å². The summed E-state index contributed by atoms with van der Waals surface area (Å²) in [6, 6.07) is 10.7. The second-order valence-corrected chi connectivity index (χ2v) is 4.75. The van der Waals surface area contributed by atoms with Gasteiger partial charge >= 0.3 is 0 Å². The van der Waals surface area contributed by atoms with Gasteiger partial charge in [-0.1, -0.05) is 30.3 Å². The summed E-state index contributed by atoms with van der Waals surface area (Å²) in [4.78, 5) is 0. The maximum atomic E-state index is 3.51. The Morgan fingerprint density at radius 2 is 1.71 bits per heavy atom.